The second-order valence-corrected chi connectivity index (χ2v) is 3.62. The number of carboxylic acid groups (broad SMARTS) is 1. The molecule has 0 saturated heterocycles. The molecule has 0 heterocycles. The van der Waals surface area contributed by atoms with Crippen LogP contribution < -0.4 is 10.1 Å². The Morgan fingerprint density at radius 2 is 2.35 bits per heavy atom. The van der Waals surface area contributed by atoms with Gasteiger partial charge in [0.1, 0.15) is 12.4 Å². The number of hydrogen-bond donors (Lipinski definition) is 2. The first kappa shape index (κ1) is 13.3. The van der Waals surface area contributed by atoms with Gasteiger partial charge >= 0.3 is 5.97 Å². The van der Waals surface area contributed by atoms with E-state index in [1.165, 1.54) is 0 Å². The van der Waals surface area contributed by atoms with Crippen LogP contribution in [0.25, 0.3) is 0 Å². The lowest BCUT2D eigenvalue weighted by Gasteiger charge is -2.08. The molecule has 2 N–H and O–H groups in total. The van der Waals surface area contributed by atoms with Gasteiger partial charge < -0.3 is 15.2 Å². The molecular formula is C13H17NO3. The zero-order chi connectivity index (χ0) is 12.7. The fourth-order valence-electron chi connectivity index (χ4n) is 1.41. The molecule has 0 aliphatic rings. The van der Waals surface area contributed by atoms with E-state index >= 15 is 0 Å². The first-order chi connectivity index (χ1) is 8.15. The zero-order valence-electron chi connectivity index (χ0n) is 9.90. The highest BCUT2D eigenvalue weighted by Crippen LogP contribution is 2.17. The van der Waals surface area contributed by atoms with Crippen LogP contribution in [0.5, 0.6) is 5.75 Å². The highest BCUT2D eigenvalue weighted by molar-refractivity contribution is 5.89. The summed E-state index contributed by atoms with van der Waals surface area (Å²) in [5.74, 6) is -0.227. The molecule has 1 aromatic rings. The molecule has 0 spiro atoms. The Labute approximate surface area is 101 Å². The first-order valence-electron chi connectivity index (χ1n) is 5.43. The summed E-state index contributed by atoms with van der Waals surface area (Å²) >= 11 is 0. The van der Waals surface area contributed by atoms with E-state index in [0.717, 1.165) is 13.1 Å². The molecule has 0 fully saturated rings. The van der Waals surface area contributed by atoms with Crippen LogP contribution in [0.15, 0.2) is 30.9 Å². The molecule has 1 aromatic carbocycles. The Kier molecular flexibility index (Phi) is 5.23. The second-order valence-electron chi connectivity index (χ2n) is 3.62. The van der Waals surface area contributed by atoms with E-state index in [1.807, 2.05) is 0 Å². The van der Waals surface area contributed by atoms with Crippen molar-refractivity contribution in [2.75, 3.05) is 19.7 Å². The maximum atomic E-state index is 10.8. The topological polar surface area (TPSA) is 58.6 Å². The van der Waals surface area contributed by atoms with Crippen molar-refractivity contribution in [2.24, 2.45) is 0 Å². The molecule has 0 aliphatic carbocycles. The summed E-state index contributed by atoms with van der Waals surface area (Å²) in [6, 6.07) is 4.96. The minimum atomic E-state index is -0.915. The van der Waals surface area contributed by atoms with E-state index < -0.39 is 5.97 Å². The molecular weight excluding hydrogens is 218 g/mol. The lowest BCUT2D eigenvalue weighted by molar-refractivity contribution is 0.0696. The Morgan fingerprint density at radius 3 is 2.94 bits per heavy atom. The zero-order valence-corrected chi connectivity index (χ0v) is 9.90. The number of ether oxygens (including phenoxy) is 1. The second kappa shape index (κ2) is 6.70. The standard InChI is InChI=1S/C13H17NO3/c1-3-6-14-7-8-17-11-4-5-12(13(15)16)10(2)9-11/h3-5,9,14H,1,6-8H2,2H3,(H,15,16). The molecule has 0 bridgehead atoms. The van der Waals surface area contributed by atoms with Gasteiger partial charge in [-0.05, 0) is 30.7 Å². The van der Waals surface area contributed by atoms with Crippen LogP contribution >= 0.6 is 0 Å². The fraction of sp³-hybridized carbons (Fsp3) is 0.308. The van der Waals surface area contributed by atoms with Gasteiger partial charge in [0.25, 0.3) is 0 Å². The van der Waals surface area contributed by atoms with Crippen LogP contribution in [0.2, 0.25) is 0 Å². The van der Waals surface area contributed by atoms with Gasteiger partial charge in [-0.15, -0.1) is 6.58 Å². The third-order valence-electron chi connectivity index (χ3n) is 2.26. The molecule has 0 aliphatic heterocycles. The minimum Gasteiger partial charge on any atom is -0.492 e. The monoisotopic (exact) mass is 235 g/mol. The quantitative estimate of drug-likeness (QED) is 0.559. The van der Waals surface area contributed by atoms with Crippen molar-refractivity contribution < 1.29 is 14.6 Å². The third kappa shape index (κ3) is 4.28. The van der Waals surface area contributed by atoms with Crippen molar-refractivity contribution in [1.82, 2.24) is 5.32 Å². The molecule has 0 atom stereocenters. The van der Waals surface area contributed by atoms with Gasteiger partial charge in [0.15, 0.2) is 0 Å². The first-order valence-corrected chi connectivity index (χ1v) is 5.43. The largest absolute Gasteiger partial charge is 0.492 e. The lowest BCUT2D eigenvalue weighted by Crippen LogP contribution is -2.20. The van der Waals surface area contributed by atoms with Gasteiger partial charge in [-0.2, -0.15) is 0 Å². The number of carboxylic acids is 1. The molecule has 4 nitrogen and oxygen atoms in total. The predicted octanol–water partition coefficient (Wildman–Crippen LogP) is 1.85. The summed E-state index contributed by atoms with van der Waals surface area (Å²) in [7, 11) is 0. The van der Waals surface area contributed by atoms with Crippen LogP contribution in [-0.4, -0.2) is 30.8 Å². The van der Waals surface area contributed by atoms with Gasteiger partial charge in [0.05, 0.1) is 5.56 Å². The Bertz CT molecular complexity index is 402. The van der Waals surface area contributed by atoms with Crippen molar-refractivity contribution >= 4 is 5.97 Å². The number of aryl methyl sites for hydroxylation is 1. The van der Waals surface area contributed by atoms with Crippen LogP contribution in [-0.2, 0) is 0 Å². The smallest absolute Gasteiger partial charge is 0.335 e. The average Bonchev–Trinajstić information content (AvgIpc) is 2.28. The molecule has 0 radical (unpaired) electrons. The number of carbonyl (C=O) groups is 1. The number of nitrogens with one attached hydrogen (secondary N) is 1. The maximum absolute atomic E-state index is 10.8. The molecule has 17 heavy (non-hydrogen) atoms. The molecule has 92 valence electrons. The van der Waals surface area contributed by atoms with Crippen molar-refractivity contribution in [3.05, 3.63) is 42.0 Å². The van der Waals surface area contributed by atoms with Crippen molar-refractivity contribution in [3.8, 4) is 5.75 Å². The molecule has 0 amide bonds. The fourth-order valence-corrected chi connectivity index (χ4v) is 1.41. The number of aromatic carboxylic acids is 1. The highest BCUT2D eigenvalue weighted by atomic mass is 16.5. The SMILES string of the molecule is C=CCNCCOc1ccc(C(=O)O)c(C)c1. The Morgan fingerprint density at radius 1 is 1.59 bits per heavy atom. The summed E-state index contributed by atoms with van der Waals surface area (Å²) < 4.78 is 5.48. The van der Waals surface area contributed by atoms with E-state index in [-0.39, 0.29) is 0 Å². The van der Waals surface area contributed by atoms with Crippen LogP contribution in [0.4, 0.5) is 0 Å². The molecule has 0 unspecified atom stereocenters. The number of rotatable bonds is 7. The Hall–Kier alpha value is -1.81. The minimum absolute atomic E-state index is 0.308. The van der Waals surface area contributed by atoms with E-state index in [1.54, 1.807) is 31.2 Å². The van der Waals surface area contributed by atoms with Crippen LogP contribution in [0, 0.1) is 6.92 Å². The van der Waals surface area contributed by atoms with Gasteiger partial charge in [-0.3, -0.25) is 0 Å². The van der Waals surface area contributed by atoms with Gasteiger partial charge in [0.2, 0.25) is 0 Å². The third-order valence-corrected chi connectivity index (χ3v) is 2.26. The Balaban J connectivity index is 2.47. The molecule has 4 heteroatoms. The van der Waals surface area contributed by atoms with Crippen molar-refractivity contribution in [1.29, 1.82) is 0 Å². The summed E-state index contributed by atoms with van der Waals surface area (Å²) in [6.45, 7) is 7.37. The normalized spacial score (nSPS) is 9.94. The van der Waals surface area contributed by atoms with E-state index in [4.69, 9.17) is 9.84 Å². The summed E-state index contributed by atoms with van der Waals surface area (Å²) in [6.07, 6.45) is 1.78. The van der Waals surface area contributed by atoms with E-state index in [9.17, 15) is 4.79 Å². The van der Waals surface area contributed by atoms with Crippen molar-refractivity contribution in [2.45, 2.75) is 6.92 Å². The van der Waals surface area contributed by atoms with E-state index in [0.29, 0.717) is 23.5 Å². The summed E-state index contributed by atoms with van der Waals surface area (Å²) in [4.78, 5) is 10.8. The van der Waals surface area contributed by atoms with Crippen LogP contribution in [0.1, 0.15) is 15.9 Å². The van der Waals surface area contributed by atoms with Gasteiger partial charge in [-0.25, -0.2) is 4.79 Å². The predicted molar refractivity (Wildman–Crippen MR) is 66.7 cm³/mol. The van der Waals surface area contributed by atoms with Gasteiger partial charge in [0, 0.05) is 13.1 Å². The van der Waals surface area contributed by atoms with Crippen molar-refractivity contribution in [3.63, 3.8) is 0 Å². The van der Waals surface area contributed by atoms with Crippen LogP contribution in [0.3, 0.4) is 0 Å². The lowest BCUT2D eigenvalue weighted by atomic mass is 10.1. The molecule has 1 rings (SSSR count). The summed E-state index contributed by atoms with van der Waals surface area (Å²) in [5.41, 5.74) is 1.01. The summed E-state index contributed by atoms with van der Waals surface area (Å²) in [5, 5.41) is 12.0. The molecule has 0 saturated carbocycles. The number of hydrogen-bond acceptors (Lipinski definition) is 3. The highest BCUT2D eigenvalue weighted by Gasteiger charge is 2.07. The van der Waals surface area contributed by atoms with E-state index in [2.05, 4.69) is 11.9 Å². The molecule has 0 aromatic heterocycles. The average molecular weight is 235 g/mol. The maximum Gasteiger partial charge on any atom is 0.335 e. The van der Waals surface area contributed by atoms with Gasteiger partial charge in [-0.1, -0.05) is 6.08 Å². The number of benzene rings is 1.